The van der Waals surface area contributed by atoms with Crippen LogP contribution in [0.5, 0.6) is 0 Å². The zero-order valence-electron chi connectivity index (χ0n) is 21.9. The number of guanidine groups is 1. The number of halogens is 1. The van der Waals surface area contributed by atoms with Crippen molar-refractivity contribution >= 4 is 47.5 Å². The quantitative estimate of drug-likeness (QED) is 0.0666. The first-order chi connectivity index (χ1) is 18.7. The van der Waals surface area contributed by atoms with Crippen LogP contribution in [-0.4, -0.2) is 59.8 Å². The topological polar surface area (TPSA) is 207 Å². The minimum absolute atomic E-state index is 0. The maximum Gasteiger partial charge on any atom is 0.269 e. The average Bonchev–Trinajstić information content (AvgIpc) is 3.46. The number of hydrogen-bond acceptors (Lipinski definition) is 7. The SMILES string of the molecule is Cl.NC(N)=NCCC[C@H](NC(=O)[C@H](Cc1ccccc1)NC(=O)[C@H]1CCCN1)C(=O)Nc1ccc([N+](=O)[O-])cc1. The van der Waals surface area contributed by atoms with Gasteiger partial charge in [0.15, 0.2) is 5.96 Å². The van der Waals surface area contributed by atoms with Gasteiger partial charge in [0.2, 0.25) is 17.7 Å². The molecule has 0 saturated carbocycles. The average molecular weight is 575 g/mol. The number of nitrogens with zero attached hydrogens (tertiary/aromatic N) is 2. The molecule has 1 fully saturated rings. The summed E-state index contributed by atoms with van der Waals surface area (Å²) in [4.78, 5) is 53.8. The van der Waals surface area contributed by atoms with E-state index in [0.29, 0.717) is 18.5 Å². The van der Waals surface area contributed by atoms with Gasteiger partial charge in [0.05, 0.1) is 11.0 Å². The summed E-state index contributed by atoms with van der Waals surface area (Å²) in [6.07, 6.45) is 2.37. The van der Waals surface area contributed by atoms with E-state index in [1.165, 1.54) is 24.3 Å². The fraction of sp³-hybridized carbons (Fsp3) is 0.385. The normalized spacial score (nSPS) is 15.6. The molecule has 13 nitrogen and oxygen atoms in total. The number of benzene rings is 2. The number of rotatable bonds is 13. The highest BCUT2D eigenvalue weighted by molar-refractivity contribution is 5.98. The first-order valence-electron chi connectivity index (χ1n) is 12.7. The number of hydrogen-bond donors (Lipinski definition) is 6. The summed E-state index contributed by atoms with van der Waals surface area (Å²) < 4.78 is 0. The third kappa shape index (κ3) is 10.2. The lowest BCUT2D eigenvalue weighted by atomic mass is 10.0. The summed E-state index contributed by atoms with van der Waals surface area (Å²) in [5.74, 6) is -1.40. The van der Waals surface area contributed by atoms with Crippen LogP contribution in [0.3, 0.4) is 0 Å². The molecule has 216 valence electrons. The third-order valence-electron chi connectivity index (χ3n) is 6.22. The second-order valence-electron chi connectivity index (χ2n) is 9.20. The maximum atomic E-state index is 13.5. The zero-order chi connectivity index (χ0) is 28.2. The lowest BCUT2D eigenvalue weighted by molar-refractivity contribution is -0.384. The van der Waals surface area contributed by atoms with Crippen molar-refractivity contribution in [3.8, 4) is 0 Å². The van der Waals surface area contributed by atoms with E-state index >= 15 is 0 Å². The second kappa shape index (κ2) is 16.0. The first-order valence-corrected chi connectivity index (χ1v) is 12.7. The lowest BCUT2D eigenvalue weighted by Crippen LogP contribution is -2.55. The number of nitro benzene ring substituents is 1. The maximum absolute atomic E-state index is 13.5. The Hall–Kier alpha value is -4.23. The molecule has 1 aliphatic rings. The van der Waals surface area contributed by atoms with Crippen molar-refractivity contribution in [1.29, 1.82) is 0 Å². The van der Waals surface area contributed by atoms with Crippen LogP contribution in [0.4, 0.5) is 11.4 Å². The Bertz CT molecular complexity index is 1170. The highest BCUT2D eigenvalue weighted by Crippen LogP contribution is 2.16. The molecular weight excluding hydrogens is 540 g/mol. The van der Waals surface area contributed by atoms with E-state index in [4.69, 9.17) is 11.5 Å². The molecule has 14 heteroatoms. The number of carbonyl (C=O) groups is 3. The molecule has 2 aromatic carbocycles. The van der Waals surface area contributed by atoms with E-state index in [2.05, 4.69) is 26.3 Å². The van der Waals surface area contributed by atoms with Crippen LogP contribution in [-0.2, 0) is 20.8 Å². The number of nitro groups is 1. The summed E-state index contributed by atoms with van der Waals surface area (Å²) in [7, 11) is 0. The molecule has 1 heterocycles. The molecule has 8 N–H and O–H groups in total. The molecule has 0 unspecified atom stereocenters. The van der Waals surface area contributed by atoms with Gasteiger partial charge in [-0.05, 0) is 49.9 Å². The molecule has 0 radical (unpaired) electrons. The van der Waals surface area contributed by atoms with Gasteiger partial charge in [0.1, 0.15) is 12.1 Å². The third-order valence-corrected chi connectivity index (χ3v) is 6.22. The molecule has 1 aliphatic heterocycles. The Morgan fingerprint density at radius 3 is 2.33 bits per heavy atom. The molecule has 1 saturated heterocycles. The van der Waals surface area contributed by atoms with Crippen LogP contribution in [0, 0.1) is 10.1 Å². The van der Waals surface area contributed by atoms with E-state index < -0.39 is 28.8 Å². The Labute approximate surface area is 238 Å². The van der Waals surface area contributed by atoms with E-state index in [-0.39, 0.29) is 55.4 Å². The van der Waals surface area contributed by atoms with Gasteiger partial charge < -0.3 is 32.7 Å². The van der Waals surface area contributed by atoms with Crippen LogP contribution in [0.25, 0.3) is 0 Å². The van der Waals surface area contributed by atoms with Gasteiger partial charge in [-0.25, -0.2) is 0 Å². The second-order valence-corrected chi connectivity index (χ2v) is 9.20. The first kappa shape index (κ1) is 32.0. The van der Waals surface area contributed by atoms with Crippen molar-refractivity contribution in [2.75, 3.05) is 18.4 Å². The number of aliphatic imine (C=N–C) groups is 1. The number of nitrogens with two attached hydrogens (primary N) is 2. The highest BCUT2D eigenvalue weighted by atomic mass is 35.5. The van der Waals surface area contributed by atoms with Gasteiger partial charge in [-0.2, -0.15) is 0 Å². The van der Waals surface area contributed by atoms with Crippen LogP contribution in [0.15, 0.2) is 59.6 Å². The summed E-state index contributed by atoms with van der Waals surface area (Å²) >= 11 is 0. The summed E-state index contributed by atoms with van der Waals surface area (Å²) in [5, 5.41) is 22.3. The molecular formula is C26H35ClN8O5. The number of amides is 3. The Morgan fingerprint density at radius 1 is 1.02 bits per heavy atom. The molecule has 0 spiro atoms. The van der Waals surface area contributed by atoms with Crippen molar-refractivity contribution in [2.24, 2.45) is 16.5 Å². The molecule has 2 aromatic rings. The largest absolute Gasteiger partial charge is 0.370 e. The standard InChI is InChI=1S/C26H34N8O5.ClH/c27-26(28)30-15-5-9-21(24(36)31-18-10-12-19(13-11-18)34(38)39)32-25(37)22(16-17-6-2-1-3-7-17)33-23(35)20-8-4-14-29-20;/h1-3,6-7,10-13,20-22,29H,4-5,8-9,14-16H2,(H,31,36)(H,32,37)(H,33,35)(H4,27,28,30);1H/t20-,21+,22+;/m1./s1. The van der Waals surface area contributed by atoms with E-state index in [0.717, 1.165) is 18.5 Å². The fourth-order valence-corrected chi connectivity index (χ4v) is 4.18. The van der Waals surface area contributed by atoms with Crippen LogP contribution >= 0.6 is 12.4 Å². The highest BCUT2D eigenvalue weighted by Gasteiger charge is 2.30. The number of anilines is 1. The van der Waals surface area contributed by atoms with Crippen LogP contribution < -0.4 is 32.7 Å². The molecule has 0 aromatic heterocycles. The summed E-state index contributed by atoms with van der Waals surface area (Å²) in [6, 6.07) is 12.3. The molecule has 0 aliphatic carbocycles. The molecule has 3 amide bonds. The zero-order valence-corrected chi connectivity index (χ0v) is 22.7. The van der Waals surface area contributed by atoms with Gasteiger partial charge in [-0.1, -0.05) is 30.3 Å². The Balaban J connectivity index is 0.00000560. The minimum atomic E-state index is -0.985. The Morgan fingerprint density at radius 2 is 1.73 bits per heavy atom. The monoisotopic (exact) mass is 574 g/mol. The molecule has 40 heavy (non-hydrogen) atoms. The van der Waals surface area contributed by atoms with Gasteiger partial charge in [0, 0.05) is 30.8 Å². The Kier molecular flexibility index (Phi) is 12.8. The summed E-state index contributed by atoms with van der Waals surface area (Å²) in [6.45, 7) is 0.978. The van der Waals surface area contributed by atoms with Gasteiger partial charge in [-0.15, -0.1) is 12.4 Å². The van der Waals surface area contributed by atoms with Crippen molar-refractivity contribution < 1.29 is 19.3 Å². The van der Waals surface area contributed by atoms with Gasteiger partial charge >= 0.3 is 0 Å². The van der Waals surface area contributed by atoms with Gasteiger partial charge in [0.25, 0.3) is 5.69 Å². The molecule has 0 bridgehead atoms. The van der Waals surface area contributed by atoms with E-state index in [9.17, 15) is 24.5 Å². The van der Waals surface area contributed by atoms with E-state index in [1.54, 1.807) is 0 Å². The lowest BCUT2D eigenvalue weighted by Gasteiger charge is -2.24. The van der Waals surface area contributed by atoms with Crippen molar-refractivity contribution in [1.82, 2.24) is 16.0 Å². The predicted molar refractivity (Wildman–Crippen MR) is 154 cm³/mol. The summed E-state index contributed by atoms with van der Waals surface area (Å²) in [5.41, 5.74) is 11.8. The number of nitrogens with one attached hydrogen (secondary N) is 4. The van der Waals surface area contributed by atoms with Crippen LogP contribution in [0.2, 0.25) is 0 Å². The van der Waals surface area contributed by atoms with Crippen LogP contribution in [0.1, 0.15) is 31.2 Å². The smallest absolute Gasteiger partial charge is 0.269 e. The molecule has 3 atom stereocenters. The predicted octanol–water partition coefficient (Wildman–Crippen LogP) is 0.973. The van der Waals surface area contributed by atoms with E-state index in [1.807, 2.05) is 30.3 Å². The number of carbonyl (C=O) groups excluding carboxylic acids is 3. The van der Waals surface area contributed by atoms with Crippen molar-refractivity contribution in [3.63, 3.8) is 0 Å². The molecule has 3 rings (SSSR count). The fourth-order valence-electron chi connectivity index (χ4n) is 4.18. The minimum Gasteiger partial charge on any atom is -0.370 e. The van der Waals surface area contributed by atoms with Crippen molar-refractivity contribution in [3.05, 3.63) is 70.3 Å². The van der Waals surface area contributed by atoms with Gasteiger partial charge in [-0.3, -0.25) is 29.5 Å². The van der Waals surface area contributed by atoms with Crippen molar-refractivity contribution in [2.45, 2.75) is 50.2 Å². The number of non-ortho nitro benzene ring substituents is 1.